The van der Waals surface area contributed by atoms with Crippen LogP contribution in [-0.2, 0) is 13.5 Å². The minimum atomic E-state index is 0.00634. The minimum Gasteiger partial charge on any atom is -0.300 e. The Morgan fingerprint density at radius 3 is 2.50 bits per heavy atom. The minimum absolute atomic E-state index is 0.00634. The number of nitrogens with zero attached hydrogens (tertiary/aromatic N) is 2. The average molecular weight is 168 g/mol. The molecular weight excluding hydrogens is 152 g/mol. The Morgan fingerprint density at radius 1 is 1.50 bits per heavy atom. The van der Waals surface area contributed by atoms with Crippen LogP contribution in [0.5, 0.6) is 0 Å². The summed E-state index contributed by atoms with van der Waals surface area (Å²) in [4.78, 5) is 14.9. The molecule has 0 aromatic carbocycles. The van der Waals surface area contributed by atoms with E-state index in [1.54, 1.807) is 17.8 Å². The van der Waals surface area contributed by atoms with Crippen molar-refractivity contribution in [2.45, 2.75) is 27.2 Å². The van der Waals surface area contributed by atoms with Gasteiger partial charge in [-0.2, -0.15) is 0 Å². The summed E-state index contributed by atoms with van der Waals surface area (Å²) in [5, 5.41) is 0. The third kappa shape index (κ3) is 2.49. The van der Waals surface area contributed by atoms with Crippen molar-refractivity contribution in [2.75, 3.05) is 0 Å². The second-order valence-corrected chi connectivity index (χ2v) is 2.11. The van der Waals surface area contributed by atoms with E-state index in [4.69, 9.17) is 0 Å². The van der Waals surface area contributed by atoms with E-state index in [1.807, 2.05) is 20.8 Å². The van der Waals surface area contributed by atoms with Crippen molar-refractivity contribution in [1.29, 1.82) is 0 Å². The molecule has 12 heavy (non-hydrogen) atoms. The second-order valence-electron chi connectivity index (χ2n) is 2.11. The molecule has 0 radical (unpaired) electrons. The average Bonchev–Trinajstić information content (AvgIpc) is 2.13. The quantitative estimate of drug-likeness (QED) is 0.634. The Hall–Kier alpha value is -1.12. The molecule has 3 heteroatoms. The molecule has 0 spiro atoms. The molecular formula is C9H16N2O. The van der Waals surface area contributed by atoms with Gasteiger partial charge in [0.05, 0.1) is 0 Å². The summed E-state index contributed by atoms with van der Waals surface area (Å²) in [5.74, 6) is 0.826. The molecule has 0 unspecified atom stereocenters. The van der Waals surface area contributed by atoms with Gasteiger partial charge >= 0.3 is 0 Å². The van der Waals surface area contributed by atoms with Gasteiger partial charge in [0, 0.05) is 25.7 Å². The summed E-state index contributed by atoms with van der Waals surface area (Å²) in [7, 11) is 1.73. The number of hydrogen-bond donors (Lipinski definition) is 0. The van der Waals surface area contributed by atoms with E-state index in [9.17, 15) is 4.79 Å². The van der Waals surface area contributed by atoms with Crippen molar-refractivity contribution in [3.05, 3.63) is 28.4 Å². The molecule has 1 heterocycles. The predicted molar refractivity (Wildman–Crippen MR) is 50.2 cm³/mol. The molecule has 0 saturated heterocycles. The van der Waals surface area contributed by atoms with E-state index in [1.165, 1.54) is 6.07 Å². The van der Waals surface area contributed by atoms with Crippen molar-refractivity contribution < 1.29 is 0 Å². The summed E-state index contributed by atoms with van der Waals surface area (Å²) in [6.45, 7) is 5.97. The van der Waals surface area contributed by atoms with Crippen LogP contribution < -0.4 is 5.56 Å². The van der Waals surface area contributed by atoms with E-state index < -0.39 is 0 Å². The Labute approximate surface area is 73.1 Å². The fraction of sp³-hybridized carbons (Fsp3) is 0.556. The highest BCUT2D eigenvalue weighted by Gasteiger charge is 1.94. The smallest absolute Gasteiger partial charge is 0.253 e. The second kappa shape index (κ2) is 5.52. The molecule has 0 saturated carbocycles. The van der Waals surface area contributed by atoms with Gasteiger partial charge in [0.25, 0.3) is 5.56 Å². The van der Waals surface area contributed by atoms with Crippen molar-refractivity contribution >= 4 is 0 Å². The molecule has 0 amide bonds. The number of aromatic nitrogens is 2. The van der Waals surface area contributed by atoms with Crippen molar-refractivity contribution in [1.82, 2.24) is 9.55 Å². The number of rotatable bonds is 1. The van der Waals surface area contributed by atoms with Crippen LogP contribution in [0, 0.1) is 0 Å². The summed E-state index contributed by atoms with van der Waals surface area (Å²) >= 11 is 0. The lowest BCUT2D eigenvalue weighted by molar-refractivity contribution is 0.736. The zero-order chi connectivity index (χ0) is 9.56. The normalized spacial score (nSPS) is 8.67. The van der Waals surface area contributed by atoms with Crippen LogP contribution in [0.25, 0.3) is 0 Å². The molecule has 1 aromatic rings. The van der Waals surface area contributed by atoms with E-state index >= 15 is 0 Å². The Balaban J connectivity index is 0.000000561. The number of aryl methyl sites for hydroxylation is 1. The SMILES string of the molecule is CC.CCc1nccc(=O)n1C. The Morgan fingerprint density at radius 2 is 2.08 bits per heavy atom. The van der Waals surface area contributed by atoms with Gasteiger partial charge in [-0.15, -0.1) is 0 Å². The van der Waals surface area contributed by atoms with Gasteiger partial charge in [-0.3, -0.25) is 9.36 Å². The molecule has 68 valence electrons. The van der Waals surface area contributed by atoms with Gasteiger partial charge in [-0.1, -0.05) is 20.8 Å². The van der Waals surface area contributed by atoms with Gasteiger partial charge in [-0.05, 0) is 0 Å². The molecule has 3 nitrogen and oxygen atoms in total. The summed E-state index contributed by atoms with van der Waals surface area (Å²) in [5.41, 5.74) is 0.00634. The van der Waals surface area contributed by atoms with E-state index in [-0.39, 0.29) is 5.56 Å². The Kier molecular flexibility index (Phi) is 5.00. The van der Waals surface area contributed by atoms with E-state index in [2.05, 4.69) is 4.98 Å². The standard InChI is InChI=1S/C7H10N2O.C2H6/c1-3-6-8-5-4-7(10)9(6)2;1-2/h4-5H,3H2,1-2H3;1-2H3. The lowest BCUT2D eigenvalue weighted by Crippen LogP contribution is -2.19. The summed E-state index contributed by atoms with van der Waals surface area (Å²) < 4.78 is 1.56. The largest absolute Gasteiger partial charge is 0.300 e. The highest BCUT2D eigenvalue weighted by molar-refractivity contribution is 4.91. The molecule has 1 aromatic heterocycles. The lowest BCUT2D eigenvalue weighted by Gasteiger charge is -2.00. The number of hydrogen-bond acceptors (Lipinski definition) is 2. The highest BCUT2D eigenvalue weighted by atomic mass is 16.1. The Bertz CT molecular complexity index is 278. The molecule has 0 N–H and O–H groups in total. The van der Waals surface area contributed by atoms with Crippen LogP contribution in [0.1, 0.15) is 26.6 Å². The first-order valence-corrected chi connectivity index (χ1v) is 4.26. The first-order chi connectivity index (χ1) is 5.75. The molecule has 0 atom stereocenters. The zero-order valence-electron chi connectivity index (χ0n) is 8.16. The van der Waals surface area contributed by atoms with Gasteiger partial charge in [0.15, 0.2) is 0 Å². The van der Waals surface area contributed by atoms with Crippen molar-refractivity contribution in [2.24, 2.45) is 7.05 Å². The van der Waals surface area contributed by atoms with E-state index in [0.29, 0.717) is 0 Å². The lowest BCUT2D eigenvalue weighted by atomic mass is 10.4. The molecule has 0 aliphatic heterocycles. The van der Waals surface area contributed by atoms with Crippen LogP contribution >= 0.6 is 0 Å². The van der Waals surface area contributed by atoms with Crippen molar-refractivity contribution in [3.63, 3.8) is 0 Å². The van der Waals surface area contributed by atoms with Crippen molar-refractivity contribution in [3.8, 4) is 0 Å². The maximum absolute atomic E-state index is 10.9. The third-order valence-corrected chi connectivity index (χ3v) is 1.47. The molecule has 0 aliphatic carbocycles. The van der Waals surface area contributed by atoms with Crippen LogP contribution in [0.15, 0.2) is 17.1 Å². The van der Waals surface area contributed by atoms with Gasteiger partial charge < -0.3 is 0 Å². The molecule has 0 aliphatic rings. The predicted octanol–water partition coefficient (Wildman–Crippen LogP) is 1.37. The van der Waals surface area contributed by atoms with Crippen LogP contribution in [0.3, 0.4) is 0 Å². The van der Waals surface area contributed by atoms with Crippen LogP contribution in [0.4, 0.5) is 0 Å². The summed E-state index contributed by atoms with van der Waals surface area (Å²) in [6.07, 6.45) is 2.34. The van der Waals surface area contributed by atoms with E-state index in [0.717, 1.165) is 12.2 Å². The molecule has 0 bridgehead atoms. The maximum atomic E-state index is 10.9. The monoisotopic (exact) mass is 168 g/mol. The highest BCUT2D eigenvalue weighted by Crippen LogP contribution is 1.87. The molecule has 1 rings (SSSR count). The first-order valence-electron chi connectivity index (χ1n) is 4.26. The zero-order valence-corrected chi connectivity index (χ0v) is 8.16. The summed E-state index contributed by atoms with van der Waals surface area (Å²) in [6, 6.07) is 1.46. The fourth-order valence-electron chi connectivity index (χ4n) is 0.841. The third-order valence-electron chi connectivity index (χ3n) is 1.47. The maximum Gasteiger partial charge on any atom is 0.253 e. The van der Waals surface area contributed by atoms with Gasteiger partial charge in [0.1, 0.15) is 5.82 Å². The van der Waals surface area contributed by atoms with Gasteiger partial charge in [0.2, 0.25) is 0 Å². The fourth-order valence-corrected chi connectivity index (χ4v) is 0.841. The van der Waals surface area contributed by atoms with Crippen LogP contribution in [0.2, 0.25) is 0 Å². The van der Waals surface area contributed by atoms with Gasteiger partial charge in [-0.25, -0.2) is 4.98 Å². The van der Waals surface area contributed by atoms with Crippen LogP contribution in [-0.4, -0.2) is 9.55 Å². The molecule has 0 fully saturated rings. The first kappa shape index (κ1) is 10.9. The topological polar surface area (TPSA) is 34.9 Å².